The van der Waals surface area contributed by atoms with Gasteiger partial charge in [0.1, 0.15) is 0 Å². The van der Waals surface area contributed by atoms with Gasteiger partial charge in [-0.15, -0.1) is 0 Å². The van der Waals surface area contributed by atoms with Gasteiger partial charge >= 0.3 is 0 Å². The van der Waals surface area contributed by atoms with Gasteiger partial charge in [-0.05, 0) is 25.5 Å². The average Bonchev–Trinajstić information content (AvgIpc) is 3.04. The first kappa shape index (κ1) is 12.2. The molecule has 0 saturated carbocycles. The molecular formula is C14H17N3O2. The van der Waals surface area contributed by atoms with E-state index in [1.807, 2.05) is 32.2 Å². The van der Waals surface area contributed by atoms with Crippen molar-refractivity contribution in [3.05, 3.63) is 30.0 Å². The van der Waals surface area contributed by atoms with E-state index >= 15 is 0 Å². The summed E-state index contributed by atoms with van der Waals surface area (Å²) in [5.74, 6) is 0.0267. The Balaban J connectivity index is 1.86. The predicted molar refractivity (Wildman–Crippen MR) is 72.0 cm³/mol. The maximum absolute atomic E-state index is 12.5. The van der Waals surface area contributed by atoms with E-state index in [9.17, 15) is 4.79 Å². The molecule has 5 heteroatoms. The van der Waals surface area contributed by atoms with Crippen molar-refractivity contribution in [2.24, 2.45) is 0 Å². The molecule has 5 nitrogen and oxygen atoms in total. The van der Waals surface area contributed by atoms with E-state index in [0.29, 0.717) is 5.56 Å². The van der Waals surface area contributed by atoms with Gasteiger partial charge in [0.15, 0.2) is 0 Å². The Hall–Kier alpha value is -1.88. The van der Waals surface area contributed by atoms with Crippen molar-refractivity contribution in [1.29, 1.82) is 0 Å². The van der Waals surface area contributed by atoms with E-state index in [4.69, 9.17) is 4.74 Å². The first-order valence-corrected chi connectivity index (χ1v) is 6.48. The van der Waals surface area contributed by atoms with Crippen LogP contribution in [0.25, 0.3) is 10.9 Å². The Morgan fingerprint density at radius 3 is 3.11 bits per heavy atom. The van der Waals surface area contributed by atoms with E-state index < -0.39 is 0 Å². The molecule has 0 spiro atoms. The summed E-state index contributed by atoms with van der Waals surface area (Å²) in [5.41, 5.74) is 1.56. The lowest BCUT2D eigenvalue weighted by atomic mass is 10.1. The molecule has 1 amide bonds. The van der Waals surface area contributed by atoms with Gasteiger partial charge in [0.05, 0.1) is 23.9 Å². The number of rotatable bonds is 2. The van der Waals surface area contributed by atoms with E-state index in [-0.39, 0.29) is 18.1 Å². The van der Waals surface area contributed by atoms with Crippen molar-refractivity contribution < 1.29 is 9.53 Å². The number of nitrogens with zero attached hydrogens (tertiary/aromatic N) is 2. The van der Waals surface area contributed by atoms with E-state index in [1.165, 1.54) is 0 Å². The predicted octanol–water partition coefficient (Wildman–Crippen LogP) is 1.81. The lowest BCUT2D eigenvalue weighted by Gasteiger charge is -2.26. The zero-order valence-corrected chi connectivity index (χ0v) is 11.1. The van der Waals surface area contributed by atoms with Gasteiger partial charge in [0, 0.05) is 24.6 Å². The molecule has 0 bridgehead atoms. The largest absolute Gasteiger partial charge is 0.376 e. The maximum atomic E-state index is 12.5. The van der Waals surface area contributed by atoms with E-state index in [0.717, 1.165) is 23.9 Å². The minimum absolute atomic E-state index is 0.0267. The fourth-order valence-electron chi connectivity index (χ4n) is 2.65. The summed E-state index contributed by atoms with van der Waals surface area (Å²) in [4.78, 5) is 14.3. The highest BCUT2D eigenvalue weighted by Gasteiger charge is 2.31. The Kier molecular flexibility index (Phi) is 2.98. The van der Waals surface area contributed by atoms with Crippen molar-refractivity contribution in [2.45, 2.75) is 25.5 Å². The number of aromatic nitrogens is 2. The number of hydrogen-bond acceptors (Lipinski definition) is 3. The van der Waals surface area contributed by atoms with Crippen LogP contribution in [-0.4, -0.2) is 46.8 Å². The van der Waals surface area contributed by atoms with Crippen LogP contribution < -0.4 is 0 Å². The van der Waals surface area contributed by atoms with Gasteiger partial charge < -0.3 is 9.64 Å². The minimum atomic E-state index is 0.0267. The minimum Gasteiger partial charge on any atom is -0.376 e. The van der Waals surface area contributed by atoms with Crippen molar-refractivity contribution in [3.8, 4) is 0 Å². The SMILES string of the molecule is CC1OCCC1N(C)C(=O)c1ccc2cn[nH]c2c1. The molecule has 0 aliphatic carbocycles. The summed E-state index contributed by atoms with van der Waals surface area (Å²) in [7, 11) is 1.84. The van der Waals surface area contributed by atoms with Crippen LogP contribution in [0.4, 0.5) is 0 Å². The van der Waals surface area contributed by atoms with Crippen LogP contribution in [0.2, 0.25) is 0 Å². The molecule has 2 unspecified atom stereocenters. The van der Waals surface area contributed by atoms with Crippen molar-refractivity contribution in [1.82, 2.24) is 15.1 Å². The number of nitrogens with one attached hydrogen (secondary N) is 1. The number of carbonyl (C=O) groups excluding carboxylic acids is 1. The fraction of sp³-hybridized carbons (Fsp3) is 0.429. The topological polar surface area (TPSA) is 58.2 Å². The second-order valence-corrected chi connectivity index (χ2v) is 5.02. The van der Waals surface area contributed by atoms with Gasteiger partial charge in [0.25, 0.3) is 5.91 Å². The van der Waals surface area contributed by atoms with Crippen LogP contribution in [0.15, 0.2) is 24.4 Å². The van der Waals surface area contributed by atoms with Crippen LogP contribution in [0.1, 0.15) is 23.7 Å². The van der Waals surface area contributed by atoms with Crippen LogP contribution >= 0.6 is 0 Å². The third-order valence-corrected chi connectivity index (χ3v) is 3.84. The fourth-order valence-corrected chi connectivity index (χ4v) is 2.65. The maximum Gasteiger partial charge on any atom is 0.254 e. The quantitative estimate of drug-likeness (QED) is 0.894. The van der Waals surface area contributed by atoms with Crippen LogP contribution in [0.5, 0.6) is 0 Å². The molecule has 1 aromatic heterocycles. The molecule has 2 heterocycles. The number of amides is 1. The molecular weight excluding hydrogens is 242 g/mol. The number of H-pyrrole nitrogens is 1. The average molecular weight is 259 g/mol. The van der Waals surface area contributed by atoms with Gasteiger partial charge in [0.2, 0.25) is 0 Å². The first-order chi connectivity index (χ1) is 9.16. The molecule has 1 aliphatic heterocycles. The van der Waals surface area contributed by atoms with Gasteiger partial charge in [-0.3, -0.25) is 9.89 Å². The summed E-state index contributed by atoms with van der Waals surface area (Å²) in [6.07, 6.45) is 2.75. The Morgan fingerprint density at radius 2 is 2.37 bits per heavy atom. The molecule has 1 aromatic carbocycles. The highest BCUT2D eigenvalue weighted by atomic mass is 16.5. The number of carbonyl (C=O) groups is 1. The normalized spacial score (nSPS) is 22.8. The van der Waals surface area contributed by atoms with Gasteiger partial charge in [-0.1, -0.05) is 6.07 Å². The van der Waals surface area contributed by atoms with Gasteiger partial charge in [-0.25, -0.2) is 0 Å². The molecule has 2 aromatic rings. The third-order valence-electron chi connectivity index (χ3n) is 3.84. The molecule has 0 radical (unpaired) electrons. The summed E-state index contributed by atoms with van der Waals surface area (Å²) in [6.45, 7) is 2.74. The summed E-state index contributed by atoms with van der Waals surface area (Å²) < 4.78 is 5.52. The molecule has 1 saturated heterocycles. The molecule has 1 N–H and O–H groups in total. The second kappa shape index (κ2) is 4.66. The number of benzene rings is 1. The highest BCUT2D eigenvalue weighted by Crippen LogP contribution is 2.21. The van der Waals surface area contributed by atoms with Crippen molar-refractivity contribution in [3.63, 3.8) is 0 Å². The Labute approximate surface area is 111 Å². The molecule has 1 aliphatic rings. The summed E-state index contributed by atoms with van der Waals surface area (Å²) in [6, 6.07) is 5.76. The zero-order valence-electron chi connectivity index (χ0n) is 11.1. The number of likely N-dealkylation sites (N-methyl/N-ethyl adjacent to an activating group) is 1. The second-order valence-electron chi connectivity index (χ2n) is 5.02. The molecule has 19 heavy (non-hydrogen) atoms. The zero-order chi connectivity index (χ0) is 13.4. The highest BCUT2D eigenvalue weighted by molar-refractivity contribution is 5.97. The molecule has 3 rings (SSSR count). The smallest absolute Gasteiger partial charge is 0.254 e. The summed E-state index contributed by atoms with van der Waals surface area (Å²) >= 11 is 0. The Morgan fingerprint density at radius 1 is 1.53 bits per heavy atom. The van der Waals surface area contributed by atoms with E-state index in [2.05, 4.69) is 10.2 Å². The lowest BCUT2D eigenvalue weighted by molar-refractivity contribution is 0.0575. The Bertz CT molecular complexity index is 608. The van der Waals surface area contributed by atoms with Crippen LogP contribution in [0, 0.1) is 0 Å². The third kappa shape index (κ3) is 2.10. The van der Waals surface area contributed by atoms with Crippen molar-refractivity contribution >= 4 is 16.8 Å². The van der Waals surface area contributed by atoms with Crippen LogP contribution in [-0.2, 0) is 4.74 Å². The number of ether oxygens (including phenoxy) is 1. The van der Waals surface area contributed by atoms with Gasteiger partial charge in [-0.2, -0.15) is 5.10 Å². The first-order valence-electron chi connectivity index (χ1n) is 6.48. The monoisotopic (exact) mass is 259 g/mol. The number of hydrogen-bond donors (Lipinski definition) is 1. The van der Waals surface area contributed by atoms with Crippen LogP contribution in [0.3, 0.4) is 0 Å². The number of fused-ring (bicyclic) bond motifs is 1. The number of aromatic amines is 1. The molecule has 1 fully saturated rings. The van der Waals surface area contributed by atoms with Crippen molar-refractivity contribution in [2.75, 3.05) is 13.7 Å². The standard InChI is InChI=1S/C14H17N3O2/c1-9-13(5-6-19-9)17(2)14(18)10-3-4-11-8-15-16-12(11)7-10/h3-4,7-9,13H,5-6H2,1-2H3,(H,15,16). The summed E-state index contributed by atoms with van der Waals surface area (Å²) in [5, 5.41) is 7.86. The molecule has 100 valence electrons. The lowest BCUT2D eigenvalue weighted by Crippen LogP contribution is -2.40. The molecule has 2 atom stereocenters. The van der Waals surface area contributed by atoms with E-state index in [1.54, 1.807) is 11.1 Å².